The molecule has 0 radical (unpaired) electrons. The van der Waals surface area contributed by atoms with Crippen molar-refractivity contribution < 1.29 is 14.6 Å². The summed E-state index contributed by atoms with van der Waals surface area (Å²) in [6.07, 6.45) is 0.259. The Hall–Kier alpha value is -4.22. The van der Waals surface area contributed by atoms with Crippen molar-refractivity contribution in [1.29, 1.82) is 0 Å². The lowest BCUT2D eigenvalue weighted by atomic mass is 9.85. The zero-order valence-electron chi connectivity index (χ0n) is 20.4. The first-order valence-corrected chi connectivity index (χ1v) is 12.0. The lowest BCUT2D eigenvalue weighted by molar-refractivity contribution is 0.0992. The molecule has 0 aliphatic carbocycles. The molecule has 0 unspecified atom stereocenters. The van der Waals surface area contributed by atoms with Crippen LogP contribution >= 0.6 is 0 Å². The molecule has 5 heteroatoms. The molecule has 0 spiro atoms. The Labute approximate surface area is 210 Å². The number of hydrogen-bond donors (Lipinski definition) is 1. The van der Waals surface area contributed by atoms with Crippen LogP contribution in [0.5, 0.6) is 5.75 Å². The Balaban J connectivity index is 1.60. The number of methoxy groups -OCH3 is 1. The summed E-state index contributed by atoms with van der Waals surface area (Å²) in [4.78, 5) is 17.9. The van der Waals surface area contributed by atoms with E-state index in [1.54, 1.807) is 19.2 Å². The Morgan fingerprint density at radius 1 is 0.889 bits per heavy atom. The molecule has 4 aromatic carbocycles. The number of hydrogen-bond acceptors (Lipinski definition) is 4. The van der Waals surface area contributed by atoms with Gasteiger partial charge in [-0.05, 0) is 47.9 Å². The molecule has 1 N–H and O–H groups in total. The topological polar surface area (TPSA) is 64.3 Å². The summed E-state index contributed by atoms with van der Waals surface area (Å²) in [5.74, 6) is 1.22. The molecule has 5 rings (SSSR count). The number of aliphatic hydroxyl groups is 1. The van der Waals surface area contributed by atoms with Gasteiger partial charge in [-0.25, -0.2) is 4.98 Å². The molecule has 0 aliphatic heterocycles. The maximum atomic E-state index is 13.0. The summed E-state index contributed by atoms with van der Waals surface area (Å²) in [5, 5.41) is 12.3. The average molecular weight is 477 g/mol. The summed E-state index contributed by atoms with van der Waals surface area (Å²) in [7, 11) is 1.59. The van der Waals surface area contributed by atoms with Gasteiger partial charge < -0.3 is 14.4 Å². The van der Waals surface area contributed by atoms with E-state index in [4.69, 9.17) is 9.72 Å². The molecule has 5 nitrogen and oxygen atoms in total. The van der Waals surface area contributed by atoms with Crippen LogP contribution in [0.1, 0.15) is 39.8 Å². The van der Waals surface area contributed by atoms with Gasteiger partial charge in [0.25, 0.3) is 0 Å². The third-order valence-electron chi connectivity index (χ3n) is 6.59. The molecule has 0 fully saturated rings. The molecule has 0 atom stereocenters. The summed E-state index contributed by atoms with van der Waals surface area (Å²) < 4.78 is 7.30. The fourth-order valence-electron chi connectivity index (χ4n) is 4.74. The lowest BCUT2D eigenvalue weighted by Gasteiger charge is -2.29. The van der Waals surface area contributed by atoms with Gasteiger partial charge >= 0.3 is 0 Å². The van der Waals surface area contributed by atoms with Crippen molar-refractivity contribution in [2.24, 2.45) is 0 Å². The van der Waals surface area contributed by atoms with Crippen LogP contribution in [0, 0.1) is 0 Å². The van der Waals surface area contributed by atoms with E-state index in [-0.39, 0.29) is 12.2 Å². The van der Waals surface area contributed by atoms with E-state index in [0.29, 0.717) is 23.7 Å². The first kappa shape index (κ1) is 23.5. The number of rotatable bonds is 8. The standard InChI is InChI=1S/C31H28N2O3/c1-3-33-28-19-22(20-29(34)23-11-10-16-26(21-23)36-2)17-18-27(28)32-30(33)31(35,24-12-6-4-7-13-24)25-14-8-5-9-15-25/h4-19,21,35H,3,20H2,1-2H3. The molecule has 0 amide bonds. The molecular weight excluding hydrogens is 448 g/mol. The second kappa shape index (κ2) is 9.80. The van der Waals surface area contributed by atoms with E-state index in [9.17, 15) is 9.90 Å². The molecule has 0 saturated heterocycles. The Bertz CT molecular complexity index is 1470. The van der Waals surface area contributed by atoms with Crippen molar-refractivity contribution in [3.05, 3.63) is 131 Å². The molecular formula is C31H28N2O3. The summed E-state index contributed by atoms with van der Waals surface area (Å²) in [6.45, 7) is 2.65. The summed E-state index contributed by atoms with van der Waals surface area (Å²) in [6, 6.07) is 32.3. The van der Waals surface area contributed by atoms with E-state index in [1.165, 1.54) is 0 Å². The van der Waals surface area contributed by atoms with Gasteiger partial charge in [-0.15, -0.1) is 0 Å². The van der Waals surface area contributed by atoms with Crippen LogP contribution in [0.15, 0.2) is 103 Å². The van der Waals surface area contributed by atoms with Crippen molar-refractivity contribution in [2.45, 2.75) is 25.5 Å². The van der Waals surface area contributed by atoms with Crippen molar-refractivity contribution in [3.8, 4) is 5.75 Å². The zero-order chi connectivity index (χ0) is 25.1. The SMILES string of the molecule is CCn1c(C(O)(c2ccccc2)c2ccccc2)nc2ccc(CC(=O)c3cccc(OC)c3)cc21. The molecule has 1 heterocycles. The summed E-state index contributed by atoms with van der Waals surface area (Å²) in [5.41, 5.74) is 3.21. The van der Waals surface area contributed by atoms with E-state index in [2.05, 4.69) is 0 Å². The van der Waals surface area contributed by atoms with Gasteiger partial charge in [0.2, 0.25) is 0 Å². The van der Waals surface area contributed by atoms with Gasteiger partial charge in [0.05, 0.1) is 18.1 Å². The van der Waals surface area contributed by atoms with Gasteiger partial charge in [0.1, 0.15) is 5.75 Å². The maximum absolute atomic E-state index is 13.0. The van der Waals surface area contributed by atoms with Crippen LogP contribution in [-0.2, 0) is 18.6 Å². The lowest BCUT2D eigenvalue weighted by Crippen LogP contribution is -2.32. The van der Waals surface area contributed by atoms with Crippen LogP contribution in [0.4, 0.5) is 0 Å². The molecule has 0 aliphatic rings. The predicted molar refractivity (Wildman–Crippen MR) is 141 cm³/mol. The minimum absolute atomic E-state index is 0.0149. The highest BCUT2D eigenvalue weighted by Gasteiger charge is 2.38. The normalized spacial score (nSPS) is 11.5. The van der Waals surface area contributed by atoms with E-state index in [1.807, 2.05) is 102 Å². The monoisotopic (exact) mass is 476 g/mol. The van der Waals surface area contributed by atoms with Gasteiger partial charge in [-0.2, -0.15) is 0 Å². The zero-order valence-corrected chi connectivity index (χ0v) is 20.4. The van der Waals surface area contributed by atoms with Gasteiger partial charge in [-0.1, -0.05) is 78.9 Å². The molecule has 0 bridgehead atoms. The first-order valence-electron chi connectivity index (χ1n) is 12.0. The first-order chi connectivity index (χ1) is 17.5. The van der Waals surface area contributed by atoms with Gasteiger partial charge in [-0.3, -0.25) is 4.79 Å². The molecule has 5 aromatic rings. The number of aromatic nitrogens is 2. The number of Topliss-reactive ketones (excluding diaryl/α,β-unsaturated/α-hetero) is 1. The van der Waals surface area contributed by atoms with E-state index in [0.717, 1.165) is 27.7 Å². The number of benzene rings is 4. The second-order valence-corrected chi connectivity index (χ2v) is 8.78. The van der Waals surface area contributed by atoms with Crippen molar-refractivity contribution in [1.82, 2.24) is 9.55 Å². The third kappa shape index (κ3) is 4.18. The van der Waals surface area contributed by atoms with E-state index >= 15 is 0 Å². The number of fused-ring (bicyclic) bond motifs is 1. The maximum Gasteiger partial charge on any atom is 0.173 e. The fraction of sp³-hybridized carbons (Fsp3) is 0.161. The minimum Gasteiger partial charge on any atom is -0.497 e. The van der Waals surface area contributed by atoms with Crippen LogP contribution in [-0.4, -0.2) is 27.6 Å². The van der Waals surface area contributed by atoms with Crippen molar-refractivity contribution >= 4 is 16.8 Å². The number of imidazole rings is 1. The number of ether oxygens (including phenoxy) is 1. The number of ketones is 1. The van der Waals surface area contributed by atoms with Crippen LogP contribution < -0.4 is 4.74 Å². The number of aryl methyl sites for hydroxylation is 1. The Morgan fingerprint density at radius 2 is 1.56 bits per heavy atom. The Kier molecular flexibility index (Phi) is 6.40. The fourth-order valence-corrected chi connectivity index (χ4v) is 4.74. The largest absolute Gasteiger partial charge is 0.497 e. The quantitative estimate of drug-likeness (QED) is 0.289. The highest BCUT2D eigenvalue weighted by molar-refractivity contribution is 5.98. The molecule has 36 heavy (non-hydrogen) atoms. The van der Waals surface area contributed by atoms with Gasteiger partial charge in [0, 0.05) is 18.5 Å². The number of carbonyl (C=O) groups excluding carboxylic acids is 1. The third-order valence-corrected chi connectivity index (χ3v) is 6.59. The smallest absolute Gasteiger partial charge is 0.173 e. The molecule has 0 saturated carbocycles. The Morgan fingerprint density at radius 3 is 2.17 bits per heavy atom. The van der Waals surface area contributed by atoms with Crippen LogP contribution in [0.25, 0.3) is 11.0 Å². The minimum atomic E-state index is -1.44. The average Bonchev–Trinajstić information content (AvgIpc) is 3.32. The molecule has 1 aromatic heterocycles. The van der Waals surface area contributed by atoms with Crippen LogP contribution in [0.3, 0.4) is 0 Å². The predicted octanol–water partition coefficient (Wildman–Crippen LogP) is 5.77. The second-order valence-electron chi connectivity index (χ2n) is 8.78. The number of nitrogens with zero attached hydrogens (tertiary/aromatic N) is 2. The van der Waals surface area contributed by atoms with Crippen molar-refractivity contribution in [3.63, 3.8) is 0 Å². The summed E-state index contributed by atoms with van der Waals surface area (Å²) >= 11 is 0. The molecule has 180 valence electrons. The van der Waals surface area contributed by atoms with Crippen molar-refractivity contribution in [2.75, 3.05) is 7.11 Å². The highest BCUT2D eigenvalue weighted by Crippen LogP contribution is 2.37. The highest BCUT2D eigenvalue weighted by atomic mass is 16.5. The number of carbonyl (C=O) groups is 1. The van der Waals surface area contributed by atoms with Gasteiger partial charge in [0.15, 0.2) is 17.2 Å². The van der Waals surface area contributed by atoms with Crippen LogP contribution in [0.2, 0.25) is 0 Å². The van der Waals surface area contributed by atoms with E-state index < -0.39 is 5.60 Å².